The largest absolute Gasteiger partial charge is 0.428 e. The number of nitrogens with zero attached hydrogens (tertiary/aromatic N) is 1. The van der Waals surface area contributed by atoms with Crippen molar-refractivity contribution in [1.82, 2.24) is 10.4 Å². The van der Waals surface area contributed by atoms with Gasteiger partial charge in [0.15, 0.2) is 11.5 Å². The summed E-state index contributed by atoms with van der Waals surface area (Å²) in [5.41, 5.74) is -2.63. The molecule has 1 amide bonds. The molecule has 35 heavy (non-hydrogen) atoms. The third kappa shape index (κ3) is 4.37. The lowest BCUT2D eigenvalue weighted by atomic mass is 9.86. The summed E-state index contributed by atoms with van der Waals surface area (Å²) >= 11 is 11.4. The summed E-state index contributed by atoms with van der Waals surface area (Å²) < 4.78 is 71.4. The number of benzene rings is 2. The highest BCUT2D eigenvalue weighted by Gasteiger charge is 2.60. The van der Waals surface area contributed by atoms with E-state index in [1.54, 1.807) is 0 Å². The second-order valence-corrected chi connectivity index (χ2v) is 9.38. The molecule has 2 atom stereocenters. The third-order valence-corrected chi connectivity index (χ3v) is 6.66. The Morgan fingerprint density at radius 2 is 1.74 bits per heavy atom. The fourth-order valence-electron chi connectivity index (χ4n) is 3.99. The number of hydrogen-bond acceptors (Lipinski definition) is 4. The quantitative estimate of drug-likeness (QED) is 0.412. The van der Waals surface area contributed by atoms with Gasteiger partial charge in [0.2, 0.25) is 11.5 Å². The van der Waals surface area contributed by atoms with Crippen molar-refractivity contribution in [2.45, 2.75) is 24.4 Å². The van der Waals surface area contributed by atoms with E-state index in [2.05, 4.69) is 5.48 Å². The van der Waals surface area contributed by atoms with Crippen LogP contribution < -0.4 is 5.48 Å². The van der Waals surface area contributed by atoms with E-state index in [1.165, 1.54) is 36.1 Å². The Morgan fingerprint density at radius 3 is 2.26 bits per heavy atom. The van der Waals surface area contributed by atoms with Gasteiger partial charge in [0.05, 0.1) is 41.4 Å². The van der Waals surface area contributed by atoms with Gasteiger partial charge < -0.3 is 10.0 Å². The minimum absolute atomic E-state index is 0.0551. The first-order valence-electron chi connectivity index (χ1n) is 10.4. The Labute approximate surface area is 207 Å². The molecule has 2 aliphatic heterocycles. The lowest BCUT2D eigenvalue weighted by molar-refractivity contribution is -0.269. The molecule has 12 heteroatoms. The zero-order valence-corrected chi connectivity index (χ0v) is 19.6. The average molecular weight is 537 g/mol. The second kappa shape index (κ2) is 8.92. The molecule has 4 rings (SSSR count). The van der Waals surface area contributed by atoms with Gasteiger partial charge in [-0.15, -0.1) is 0 Å². The molecular formula is C23H19Cl2F5N2O3. The molecule has 2 aliphatic rings. The van der Waals surface area contributed by atoms with Crippen molar-refractivity contribution < 1.29 is 36.7 Å². The van der Waals surface area contributed by atoms with Gasteiger partial charge in [-0.1, -0.05) is 54.4 Å². The Kier molecular flexibility index (Phi) is 6.54. The molecule has 0 spiro atoms. The number of hydrogen-bond donors (Lipinski definition) is 2. The van der Waals surface area contributed by atoms with Crippen LogP contribution in [0, 0.1) is 11.7 Å². The number of nitrogens with one attached hydrogen (secondary N) is 1. The maximum Gasteiger partial charge on any atom is 0.428 e. The van der Waals surface area contributed by atoms with Crippen LogP contribution in [0.15, 0.2) is 42.5 Å². The van der Waals surface area contributed by atoms with Crippen LogP contribution in [0.5, 0.6) is 0 Å². The van der Waals surface area contributed by atoms with Crippen LogP contribution in [0.3, 0.4) is 0 Å². The van der Waals surface area contributed by atoms with Gasteiger partial charge in [-0.25, -0.2) is 8.78 Å². The first kappa shape index (κ1) is 25.7. The van der Waals surface area contributed by atoms with Crippen molar-refractivity contribution in [2.24, 2.45) is 5.92 Å². The lowest BCUT2D eigenvalue weighted by Gasteiger charge is -2.45. The summed E-state index contributed by atoms with van der Waals surface area (Å²) in [5, 5.41) is 7.90. The molecule has 0 radical (unpaired) electrons. The number of hydroxylamine groups is 1. The minimum atomic E-state index is -4.97. The highest BCUT2D eigenvalue weighted by molar-refractivity contribution is 6.35. The zero-order chi connectivity index (χ0) is 25.8. The molecule has 188 valence electrons. The Bertz CT molecular complexity index is 1160. The van der Waals surface area contributed by atoms with Crippen LogP contribution in [0.2, 0.25) is 10.0 Å². The molecule has 0 aliphatic carbocycles. The van der Waals surface area contributed by atoms with Crippen LogP contribution >= 0.6 is 23.2 Å². The maximum absolute atomic E-state index is 15.2. The van der Waals surface area contributed by atoms with Gasteiger partial charge in [-0.2, -0.15) is 13.2 Å². The topological polar surface area (TPSA) is 61.8 Å². The SMILES string of the molecule is CC(CO)C(=O)N1CC(F)(c2ccc(C3=CC(c4cc(Cl)c(F)c(Cl)c4)(C(F)(F)F)ON3)cc2)C1. The minimum Gasteiger partial charge on any atom is -0.396 e. The van der Waals surface area contributed by atoms with E-state index in [1.807, 2.05) is 0 Å². The maximum atomic E-state index is 15.2. The first-order chi connectivity index (χ1) is 16.3. The number of amides is 1. The summed E-state index contributed by atoms with van der Waals surface area (Å²) in [6.45, 7) is 0.809. The molecule has 2 aromatic carbocycles. The van der Waals surface area contributed by atoms with Gasteiger partial charge >= 0.3 is 6.18 Å². The second-order valence-electron chi connectivity index (χ2n) is 8.57. The standard InChI is InChI=1S/C23H19Cl2F5N2O3/c1-12(9-33)20(34)32-10-21(27,11-32)14-4-2-13(3-5-14)18-8-22(35-31-18,23(28,29)30)15-6-16(24)19(26)17(25)7-15/h2-8,12,31,33H,9-11H2,1H3. The molecule has 0 aromatic heterocycles. The van der Waals surface area contributed by atoms with E-state index < -0.39 is 44.8 Å². The van der Waals surface area contributed by atoms with Crippen LogP contribution in [-0.4, -0.2) is 41.8 Å². The third-order valence-electron chi connectivity index (χ3n) is 6.11. The molecule has 2 unspecified atom stereocenters. The Balaban J connectivity index is 1.60. The molecule has 5 nitrogen and oxygen atoms in total. The van der Waals surface area contributed by atoms with E-state index in [0.717, 1.165) is 18.2 Å². The number of rotatable bonds is 5. The predicted molar refractivity (Wildman–Crippen MR) is 118 cm³/mol. The van der Waals surface area contributed by atoms with E-state index in [0.29, 0.717) is 0 Å². The van der Waals surface area contributed by atoms with Crippen molar-refractivity contribution in [3.8, 4) is 0 Å². The van der Waals surface area contributed by atoms with Crippen molar-refractivity contribution in [1.29, 1.82) is 0 Å². The number of aliphatic hydroxyl groups is 1. The first-order valence-corrected chi connectivity index (χ1v) is 11.1. The molecule has 0 saturated carbocycles. The fraction of sp³-hybridized carbons (Fsp3) is 0.348. The number of likely N-dealkylation sites (tertiary alicyclic amines) is 1. The predicted octanol–water partition coefficient (Wildman–Crippen LogP) is 5.10. The van der Waals surface area contributed by atoms with E-state index in [4.69, 9.17) is 33.1 Å². The van der Waals surface area contributed by atoms with Gasteiger partial charge in [-0.05, 0) is 29.3 Å². The van der Waals surface area contributed by atoms with Gasteiger partial charge in [0.25, 0.3) is 0 Å². The molecule has 0 bridgehead atoms. The number of carbonyl (C=O) groups excluding carboxylic acids is 1. The normalized spacial score (nSPS) is 22.3. The van der Waals surface area contributed by atoms with Crippen LogP contribution in [0.1, 0.15) is 23.6 Å². The molecule has 1 saturated heterocycles. The van der Waals surface area contributed by atoms with Gasteiger partial charge in [0.1, 0.15) is 0 Å². The highest BCUT2D eigenvalue weighted by Crippen LogP contribution is 2.49. The number of halogens is 7. The summed E-state index contributed by atoms with van der Waals surface area (Å²) in [6, 6.07) is 7.22. The summed E-state index contributed by atoms with van der Waals surface area (Å²) in [6.07, 6.45) is -4.20. The number of carbonyl (C=O) groups is 1. The molecule has 2 heterocycles. The van der Waals surface area contributed by atoms with E-state index in [-0.39, 0.29) is 42.4 Å². The fourth-order valence-corrected chi connectivity index (χ4v) is 4.48. The van der Waals surface area contributed by atoms with Gasteiger partial charge in [-0.3, -0.25) is 15.1 Å². The molecule has 1 fully saturated rings. The smallest absolute Gasteiger partial charge is 0.396 e. The number of alkyl halides is 4. The Morgan fingerprint density at radius 1 is 1.17 bits per heavy atom. The molecular weight excluding hydrogens is 518 g/mol. The zero-order valence-electron chi connectivity index (χ0n) is 18.1. The van der Waals surface area contributed by atoms with Crippen LogP contribution in [-0.2, 0) is 20.9 Å². The lowest BCUT2D eigenvalue weighted by Crippen LogP contribution is -2.60. The van der Waals surface area contributed by atoms with Crippen molar-refractivity contribution in [3.05, 3.63) is 75.0 Å². The van der Waals surface area contributed by atoms with Crippen molar-refractivity contribution in [3.63, 3.8) is 0 Å². The summed E-state index contributed by atoms with van der Waals surface area (Å²) in [5.74, 6) is -2.05. The van der Waals surface area contributed by atoms with Crippen molar-refractivity contribution in [2.75, 3.05) is 19.7 Å². The van der Waals surface area contributed by atoms with Crippen LogP contribution in [0.25, 0.3) is 5.70 Å². The van der Waals surface area contributed by atoms with Crippen LogP contribution in [0.4, 0.5) is 22.0 Å². The van der Waals surface area contributed by atoms with Gasteiger partial charge in [0, 0.05) is 5.56 Å². The Hall–Kier alpha value is -2.40. The summed E-state index contributed by atoms with van der Waals surface area (Å²) in [4.78, 5) is 18.3. The highest BCUT2D eigenvalue weighted by atomic mass is 35.5. The van der Waals surface area contributed by atoms with E-state index in [9.17, 15) is 22.4 Å². The monoisotopic (exact) mass is 536 g/mol. The number of aliphatic hydroxyl groups excluding tert-OH is 1. The van der Waals surface area contributed by atoms with E-state index >= 15 is 4.39 Å². The summed E-state index contributed by atoms with van der Waals surface area (Å²) in [7, 11) is 0. The average Bonchev–Trinajstić information content (AvgIpc) is 3.26. The molecule has 2 aromatic rings. The molecule has 2 N–H and O–H groups in total. The van der Waals surface area contributed by atoms with Crippen molar-refractivity contribution >= 4 is 34.8 Å².